The Morgan fingerprint density at radius 3 is 2.75 bits per heavy atom. The molecule has 0 aliphatic carbocycles. The summed E-state index contributed by atoms with van der Waals surface area (Å²) >= 11 is 0. The molecule has 102 valence electrons. The van der Waals surface area contributed by atoms with E-state index in [2.05, 4.69) is 11.1 Å². The van der Waals surface area contributed by atoms with E-state index in [4.69, 9.17) is 5.73 Å². The largest absolute Gasteiger partial charge is 0.368 e. The van der Waals surface area contributed by atoms with Crippen LogP contribution in [-0.2, 0) is 13.1 Å². The minimum atomic E-state index is 0.443. The smallest absolute Gasteiger partial charge is 0.101 e. The molecular formula is C16H18N4. The van der Waals surface area contributed by atoms with Gasteiger partial charge in [-0.3, -0.25) is 4.98 Å². The molecule has 0 amide bonds. The van der Waals surface area contributed by atoms with Crippen molar-refractivity contribution in [3.8, 4) is 6.07 Å². The molecule has 0 fully saturated rings. The fraction of sp³-hybridized carbons (Fsp3) is 0.250. The van der Waals surface area contributed by atoms with Crippen LogP contribution in [0.15, 0.2) is 36.4 Å². The minimum absolute atomic E-state index is 0.443. The zero-order valence-corrected chi connectivity index (χ0v) is 11.8. The van der Waals surface area contributed by atoms with Gasteiger partial charge in [0.15, 0.2) is 0 Å². The fourth-order valence-electron chi connectivity index (χ4n) is 2.15. The van der Waals surface area contributed by atoms with E-state index >= 15 is 0 Å². The molecule has 0 aliphatic rings. The first kappa shape index (κ1) is 14.0. The molecule has 1 aromatic heterocycles. The maximum absolute atomic E-state index is 9.26. The van der Waals surface area contributed by atoms with Crippen LogP contribution in [0.4, 0.5) is 5.69 Å². The summed E-state index contributed by atoms with van der Waals surface area (Å²) in [4.78, 5) is 6.51. The van der Waals surface area contributed by atoms with E-state index in [-0.39, 0.29) is 0 Å². The van der Waals surface area contributed by atoms with E-state index in [0.29, 0.717) is 18.7 Å². The van der Waals surface area contributed by atoms with E-state index < -0.39 is 0 Å². The number of rotatable bonds is 4. The Balaban J connectivity index is 2.25. The van der Waals surface area contributed by atoms with Gasteiger partial charge in [-0.2, -0.15) is 5.26 Å². The maximum Gasteiger partial charge on any atom is 0.101 e. The van der Waals surface area contributed by atoms with E-state index in [1.54, 1.807) is 0 Å². The van der Waals surface area contributed by atoms with Gasteiger partial charge in [0.2, 0.25) is 0 Å². The summed E-state index contributed by atoms with van der Waals surface area (Å²) < 4.78 is 0. The fourth-order valence-corrected chi connectivity index (χ4v) is 2.15. The van der Waals surface area contributed by atoms with Crippen LogP contribution in [0.5, 0.6) is 0 Å². The van der Waals surface area contributed by atoms with Crippen LogP contribution in [0.3, 0.4) is 0 Å². The SMILES string of the molecule is Cc1cccc(CN(C)c2ccc(CN)cc2C#N)n1. The third-order valence-electron chi connectivity index (χ3n) is 3.17. The van der Waals surface area contributed by atoms with Gasteiger partial charge in [-0.1, -0.05) is 12.1 Å². The van der Waals surface area contributed by atoms with Gasteiger partial charge in [-0.15, -0.1) is 0 Å². The Morgan fingerprint density at radius 1 is 1.30 bits per heavy atom. The van der Waals surface area contributed by atoms with Gasteiger partial charge in [-0.25, -0.2) is 0 Å². The molecule has 2 N–H and O–H groups in total. The Morgan fingerprint density at radius 2 is 2.10 bits per heavy atom. The van der Waals surface area contributed by atoms with Gasteiger partial charge in [0.1, 0.15) is 6.07 Å². The second-order valence-electron chi connectivity index (χ2n) is 4.79. The third-order valence-corrected chi connectivity index (χ3v) is 3.17. The highest BCUT2D eigenvalue weighted by molar-refractivity contribution is 5.60. The molecule has 2 aromatic rings. The summed E-state index contributed by atoms with van der Waals surface area (Å²) in [5, 5.41) is 9.26. The Kier molecular flexibility index (Phi) is 4.34. The van der Waals surface area contributed by atoms with Crippen molar-refractivity contribution in [2.75, 3.05) is 11.9 Å². The van der Waals surface area contributed by atoms with Crippen LogP contribution >= 0.6 is 0 Å². The van der Waals surface area contributed by atoms with Gasteiger partial charge >= 0.3 is 0 Å². The van der Waals surface area contributed by atoms with Crippen molar-refractivity contribution in [2.24, 2.45) is 5.73 Å². The first-order valence-corrected chi connectivity index (χ1v) is 6.51. The van der Waals surface area contributed by atoms with Crippen LogP contribution in [-0.4, -0.2) is 12.0 Å². The first-order valence-electron chi connectivity index (χ1n) is 6.51. The summed E-state index contributed by atoms with van der Waals surface area (Å²) in [6.07, 6.45) is 0. The topological polar surface area (TPSA) is 65.9 Å². The molecule has 0 aliphatic heterocycles. The van der Waals surface area contributed by atoms with E-state index in [1.807, 2.05) is 55.3 Å². The summed E-state index contributed by atoms with van der Waals surface area (Å²) in [7, 11) is 1.96. The number of anilines is 1. The molecule has 0 atom stereocenters. The molecule has 20 heavy (non-hydrogen) atoms. The Bertz CT molecular complexity index is 643. The molecule has 2 rings (SSSR count). The highest BCUT2D eigenvalue weighted by Gasteiger charge is 2.09. The Labute approximate surface area is 119 Å². The van der Waals surface area contributed by atoms with Gasteiger partial charge < -0.3 is 10.6 Å². The highest BCUT2D eigenvalue weighted by Crippen LogP contribution is 2.21. The quantitative estimate of drug-likeness (QED) is 0.922. The standard InChI is InChI=1S/C16H18N4/c1-12-4-3-5-15(19-12)11-20(2)16-7-6-13(9-17)8-14(16)10-18/h3-8H,9,11,17H2,1-2H3. The van der Waals surface area contributed by atoms with Crippen LogP contribution in [0.1, 0.15) is 22.5 Å². The molecule has 4 nitrogen and oxygen atoms in total. The number of hydrogen-bond acceptors (Lipinski definition) is 4. The number of benzene rings is 1. The van der Waals surface area contributed by atoms with Crippen molar-refractivity contribution in [2.45, 2.75) is 20.0 Å². The van der Waals surface area contributed by atoms with E-state index in [0.717, 1.165) is 22.6 Å². The average molecular weight is 266 g/mol. The number of aromatic nitrogens is 1. The molecule has 1 heterocycles. The summed E-state index contributed by atoms with van der Waals surface area (Å²) in [6.45, 7) is 3.08. The zero-order chi connectivity index (χ0) is 14.5. The van der Waals surface area contributed by atoms with Gasteiger partial charge in [0, 0.05) is 19.3 Å². The van der Waals surface area contributed by atoms with Crippen LogP contribution in [0.25, 0.3) is 0 Å². The van der Waals surface area contributed by atoms with Crippen LogP contribution in [0.2, 0.25) is 0 Å². The predicted octanol–water partition coefficient (Wildman–Crippen LogP) is 2.36. The summed E-state index contributed by atoms with van der Waals surface area (Å²) in [6, 6.07) is 13.9. The van der Waals surface area contributed by atoms with Crippen LogP contribution < -0.4 is 10.6 Å². The van der Waals surface area contributed by atoms with E-state index in [1.165, 1.54) is 0 Å². The molecule has 0 spiro atoms. The van der Waals surface area contributed by atoms with Crippen molar-refractivity contribution >= 4 is 5.69 Å². The van der Waals surface area contributed by atoms with Crippen molar-refractivity contribution in [1.82, 2.24) is 4.98 Å². The minimum Gasteiger partial charge on any atom is -0.368 e. The average Bonchev–Trinajstić information content (AvgIpc) is 2.46. The van der Waals surface area contributed by atoms with Crippen LogP contribution in [0, 0.1) is 18.3 Å². The molecular weight excluding hydrogens is 248 g/mol. The lowest BCUT2D eigenvalue weighted by molar-refractivity contribution is 0.874. The molecule has 0 saturated heterocycles. The monoisotopic (exact) mass is 266 g/mol. The zero-order valence-electron chi connectivity index (χ0n) is 11.8. The summed E-state index contributed by atoms with van der Waals surface area (Å²) in [5.41, 5.74) is 10.1. The van der Waals surface area contributed by atoms with Gasteiger partial charge in [0.05, 0.1) is 23.5 Å². The first-order chi connectivity index (χ1) is 9.63. The van der Waals surface area contributed by atoms with E-state index in [9.17, 15) is 5.26 Å². The number of aryl methyl sites for hydroxylation is 1. The molecule has 1 aromatic carbocycles. The number of nitriles is 1. The van der Waals surface area contributed by atoms with Crippen molar-refractivity contribution in [3.63, 3.8) is 0 Å². The lowest BCUT2D eigenvalue weighted by Crippen LogP contribution is -2.18. The second-order valence-corrected chi connectivity index (χ2v) is 4.79. The van der Waals surface area contributed by atoms with Gasteiger partial charge in [-0.05, 0) is 36.8 Å². The lowest BCUT2D eigenvalue weighted by Gasteiger charge is -2.20. The normalized spacial score (nSPS) is 10.1. The van der Waals surface area contributed by atoms with Crippen molar-refractivity contribution in [3.05, 3.63) is 58.9 Å². The number of nitrogens with two attached hydrogens (primary N) is 1. The molecule has 0 saturated carbocycles. The number of nitrogens with zero attached hydrogens (tertiary/aromatic N) is 3. The van der Waals surface area contributed by atoms with Gasteiger partial charge in [0.25, 0.3) is 0 Å². The lowest BCUT2D eigenvalue weighted by atomic mass is 10.1. The highest BCUT2D eigenvalue weighted by atomic mass is 15.1. The summed E-state index contributed by atoms with van der Waals surface area (Å²) in [5.74, 6) is 0. The molecule has 0 unspecified atom stereocenters. The van der Waals surface area contributed by atoms with Crippen molar-refractivity contribution in [1.29, 1.82) is 5.26 Å². The third kappa shape index (κ3) is 3.14. The molecule has 0 bridgehead atoms. The predicted molar refractivity (Wildman–Crippen MR) is 80.1 cm³/mol. The Hall–Kier alpha value is -2.38. The molecule has 0 radical (unpaired) electrons. The number of hydrogen-bond donors (Lipinski definition) is 1. The molecule has 4 heteroatoms. The number of pyridine rings is 1. The maximum atomic E-state index is 9.26. The second kappa shape index (κ2) is 6.18. The van der Waals surface area contributed by atoms with Crippen molar-refractivity contribution < 1.29 is 0 Å².